The van der Waals surface area contributed by atoms with Crippen molar-refractivity contribution in [2.24, 2.45) is 5.73 Å². The number of nitrogens with two attached hydrogens (primary N) is 1. The third-order valence-electron chi connectivity index (χ3n) is 2.86. The Balaban J connectivity index is 2.64. The Morgan fingerprint density at radius 3 is 2.81 bits per heavy atom. The lowest BCUT2D eigenvalue weighted by molar-refractivity contribution is -0.124. The minimum absolute atomic E-state index is 0.320. The number of carbonyl (C=O) groups is 1. The molecule has 0 saturated heterocycles. The van der Waals surface area contributed by atoms with Crippen molar-refractivity contribution in [3.8, 4) is 0 Å². The van der Waals surface area contributed by atoms with E-state index in [0.29, 0.717) is 13.0 Å². The standard InChI is InChI=1S/C11H20N4O/c1-4-13-11(3,10(12)16)6-8-15-9(2)5-7-14-15/h5,7,13H,4,6,8H2,1-3H3,(H2,12,16). The summed E-state index contributed by atoms with van der Waals surface area (Å²) in [7, 11) is 0. The van der Waals surface area contributed by atoms with Crippen LogP contribution in [0.4, 0.5) is 0 Å². The molecule has 0 aliphatic heterocycles. The van der Waals surface area contributed by atoms with E-state index in [9.17, 15) is 4.79 Å². The summed E-state index contributed by atoms with van der Waals surface area (Å²) in [4.78, 5) is 11.4. The molecule has 1 unspecified atom stereocenters. The number of likely N-dealkylation sites (N-methyl/N-ethyl adjacent to an activating group) is 1. The lowest BCUT2D eigenvalue weighted by Gasteiger charge is -2.27. The zero-order valence-electron chi connectivity index (χ0n) is 10.2. The number of primary amides is 1. The molecule has 3 N–H and O–H groups in total. The molecule has 90 valence electrons. The molecule has 0 aromatic carbocycles. The predicted octanol–water partition coefficient (Wildman–Crippen LogP) is 0.435. The van der Waals surface area contributed by atoms with Crippen molar-refractivity contribution in [1.29, 1.82) is 0 Å². The van der Waals surface area contributed by atoms with Gasteiger partial charge < -0.3 is 11.1 Å². The number of aromatic nitrogens is 2. The molecular weight excluding hydrogens is 204 g/mol. The van der Waals surface area contributed by atoms with Gasteiger partial charge in [-0.05, 0) is 32.9 Å². The van der Waals surface area contributed by atoms with Gasteiger partial charge in [-0.1, -0.05) is 6.92 Å². The highest BCUT2D eigenvalue weighted by Gasteiger charge is 2.29. The highest BCUT2D eigenvalue weighted by molar-refractivity contribution is 5.84. The molecule has 16 heavy (non-hydrogen) atoms. The molecule has 0 aliphatic carbocycles. The summed E-state index contributed by atoms with van der Waals surface area (Å²) < 4.78 is 1.87. The zero-order valence-corrected chi connectivity index (χ0v) is 10.2. The van der Waals surface area contributed by atoms with Gasteiger partial charge in [-0.2, -0.15) is 5.10 Å². The number of amides is 1. The lowest BCUT2D eigenvalue weighted by atomic mass is 9.97. The molecule has 0 fully saturated rings. The minimum Gasteiger partial charge on any atom is -0.368 e. The Morgan fingerprint density at radius 1 is 1.69 bits per heavy atom. The average molecular weight is 224 g/mol. The fourth-order valence-electron chi connectivity index (χ4n) is 1.65. The first kappa shape index (κ1) is 12.7. The van der Waals surface area contributed by atoms with Gasteiger partial charge in [0, 0.05) is 18.4 Å². The van der Waals surface area contributed by atoms with Gasteiger partial charge in [-0.15, -0.1) is 0 Å². The Kier molecular flexibility index (Phi) is 4.06. The smallest absolute Gasteiger partial charge is 0.237 e. The van der Waals surface area contributed by atoms with E-state index in [2.05, 4.69) is 10.4 Å². The van der Waals surface area contributed by atoms with Crippen LogP contribution in [0.25, 0.3) is 0 Å². The maximum absolute atomic E-state index is 11.4. The normalized spacial score (nSPS) is 14.7. The van der Waals surface area contributed by atoms with E-state index in [4.69, 9.17) is 5.73 Å². The fourth-order valence-corrected chi connectivity index (χ4v) is 1.65. The van der Waals surface area contributed by atoms with Crippen molar-refractivity contribution < 1.29 is 4.79 Å². The maximum atomic E-state index is 11.4. The summed E-state index contributed by atoms with van der Waals surface area (Å²) in [6.45, 7) is 7.18. The van der Waals surface area contributed by atoms with Gasteiger partial charge in [0.2, 0.25) is 5.91 Å². The van der Waals surface area contributed by atoms with Gasteiger partial charge in [-0.3, -0.25) is 9.48 Å². The van der Waals surface area contributed by atoms with Gasteiger partial charge in [0.1, 0.15) is 0 Å². The van der Waals surface area contributed by atoms with Gasteiger partial charge >= 0.3 is 0 Å². The molecule has 0 radical (unpaired) electrons. The van der Waals surface area contributed by atoms with Crippen LogP contribution in [0, 0.1) is 6.92 Å². The number of hydrogen-bond acceptors (Lipinski definition) is 3. The Morgan fingerprint density at radius 2 is 2.38 bits per heavy atom. The number of nitrogens with one attached hydrogen (secondary N) is 1. The van der Waals surface area contributed by atoms with E-state index in [1.165, 1.54) is 0 Å². The van der Waals surface area contributed by atoms with Crippen LogP contribution in [-0.4, -0.2) is 27.8 Å². The van der Waals surface area contributed by atoms with E-state index in [-0.39, 0.29) is 5.91 Å². The van der Waals surface area contributed by atoms with Crippen LogP contribution in [-0.2, 0) is 11.3 Å². The Hall–Kier alpha value is -1.36. The third-order valence-corrected chi connectivity index (χ3v) is 2.86. The molecule has 0 aliphatic rings. The molecular formula is C11H20N4O. The van der Waals surface area contributed by atoms with Crippen molar-refractivity contribution in [1.82, 2.24) is 15.1 Å². The van der Waals surface area contributed by atoms with E-state index in [0.717, 1.165) is 12.2 Å². The summed E-state index contributed by atoms with van der Waals surface area (Å²) in [6, 6.07) is 1.94. The molecule has 1 atom stereocenters. The largest absolute Gasteiger partial charge is 0.368 e. The van der Waals surface area contributed by atoms with Gasteiger partial charge in [0.05, 0.1) is 5.54 Å². The van der Waals surface area contributed by atoms with Crippen LogP contribution >= 0.6 is 0 Å². The van der Waals surface area contributed by atoms with E-state index >= 15 is 0 Å². The van der Waals surface area contributed by atoms with Crippen LogP contribution in [0.1, 0.15) is 26.0 Å². The molecule has 1 rings (SSSR count). The lowest BCUT2D eigenvalue weighted by Crippen LogP contribution is -2.53. The van der Waals surface area contributed by atoms with Crippen molar-refractivity contribution in [2.75, 3.05) is 6.54 Å². The summed E-state index contributed by atoms with van der Waals surface area (Å²) in [6.07, 6.45) is 2.39. The van der Waals surface area contributed by atoms with Crippen LogP contribution in [0.2, 0.25) is 0 Å². The van der Waals surface area contributed by atoms with Crippen molar-refractivity contribution in [3.05, 3.63) is 18.0 Å². The van der Waals surface area contributed by atoms with E-state index in [1.54, 1.807) is 6.20 Å². The molecule has 0 spiro atoms. The minimum atomic E-state index is -0.660. The topological polar surface area (TPSA) is 72.9 Å². The van der Waals surface area contributed by atoms with Crippen molar-refractivity contribution >= 4 is 5.91 Å². The van der Waals surface area contributed by atoms with Crippen molar-refractivity contribution in [3.63, 3.8) is 0 Å². The van der Waals surface area contributed by atoms with Gasteiger partial charge in [-0.25, -0.2) is 0 Å². The van der Waals surface area contributed by atoms with E-state index < -0.39 is 5.54 Å². The van der Waals surface area contributed by atoms with Crippen LogP contribution in [0.5, 0.6) is 0 Å². The van der Waals surface area contributed by atoms with Crippen LogP contribution in [0.15, 0.2) is 12.3 Å². The third kappa shape index (κ3) is 2.82. The second-order valence-electron chi connectivity index (χ2n) is 4.17. The van der Waals surface area contributed by atoms with Gasteiger partial charge in [0.25, 0.3) is 0 Å². The summed E-state index contributed by atoms with van der Waals surface area (Å²) >= 11 is 0. The monoisotopic (exact) mass is 224 g/mol. The molecule has 1 aromatic heterocycles. The number of hydrogen-bond donors (Lipinski definition) is 2. The zero-order chi connectivity index (χ0) is 12.2. The van der Waals surface area contributed by atoms with Crippen LogP contribution < -0.4 is 11.1 Å². The molecule has 5 heteroatoms. The molecule has 1 amide bonds. The van der Waals surface area contributed by atoms with Crippen LogP contribution in [0.3, 0.4) is 0 Å². The Bertz CT molecular complexity index is 361. The molecule has 1 aromatic rings. The van der Waals surface area contributed by atoms with Crippen molar-refractivity contribution in [2.45, 2.75) is 39.3 Å². The molecule has 0 saturated carbocycles. The molecule has 1 heterocycles. The summed E-state index contributed by atoms with van der Waals surface area (Å²) in [5.41, 5.74) is 5.83. The summed E-state index contributed by atoms with van der Waals surface area (Å²) in [5, 5.41) is 7.30. The summed E-state index contributed by atoms with van der Waals surface area (Å²) in [5.74, 6) is -0.320. The number of aryl methyl sites for hydroxylation is 2. The highest BCUT2D eigenvalue weighted by atomic mass is 16.1. The SMILES string of the molecule is CCNC(C)(CCn1nccc1C)C(N)=O. The average Bonchev–Trinajstić information content (AvgIpc) is 2.61. The second-order valence-corrected chi connectivity index (χ2v) is 4.17. The first-order valence-corrected chi connectivity index (χ1v) is 5.53. The fraction of sp³-hybridized carbons (Fsp3) is 0.636. The number of rotatable bonds is 6. The molecule has 0 bridgehead atoms. The first-order valence-electron chi connectivity index (χ1n) is 5.53. The quantitative estimate of drug-likeness (QED) is 0.736. The number of nitrogens with zero attached hydrogens (tertiary/aromatic N) is 2. The molecule has 5 nitrogen and oxygen atoms in total. The predicted molar refractivity (Wildman–Crippen MR) is 62.9 cm³/mol. The number of carbonyl (C=O) groups excluding carboxylic acids is 1. The Labute approximate surface area is 96.0 Å². The van der Waals surface area contributed by atoms with Gasteiger partial charge in [0.15, 0.2) is 0 Å². The maximum Gasteiger partial charge on any atom is 0.237 e. The van der Waals surface area contributed by atoms with E-state index in [1.807, 2.05) is 31.5 Å². The highest BCUT2D eigenvalue weighted by Crippen LogP contribution is 2.11. The second kappa shape index (κ2) is 5.12. The first-order chi connectivity index (χ1) is 7.49.